The second-order valence-corrected chi connectivity index (χ2v) is 5.99. The average molecular weight is 354 g/mol. The molecule has 2 aromatic carbocycles. The molecule has 5 nitrogen and oxygen atoms in total. The van der Waals surface area contributed by atoms with Gasteiger partial charge in [0.25, 0.3) is 0 Å². The third kappa shape index (κ3) is 6.16. The van der Waals surface area contributed by atoms with Crippen molar-refractivity contribution in [2.45, 2.75) is 39.9 Å². The number of rotatable bonds is 8. The highest BCUT2D eigenvalue weighted by atomic mass is 16.5. The topological polar surface area (TPSA) is 69.7 Å². The number of benzene rings is 2. The maximum absolute atomic E-state index is 12.5. The molecule has 0 aliphatic rings. The molecule has 5 heteroatoms. The zero-order chi connectivity index (χ0) is 18.9. The van der Waals surface area contributed by atoms with E-state index in [2.05, 4.69) is 0 Å². The first-order valence-electron chi connectivity index (χ1n) is 8.37. The van der Waals surface area contributed by atoms with Crippen molar-refractivity contribution in [3.63, 3.8) is 0 Å². The molecular formula is C21H22O5. The van der Waals surface area contributed by atoms with E-state index in [1.54, 1.807) is 0 Å². The van der Waals surface area contributed by atoms with Gasteiger partial charge in [-0.1, -0.05) is 48.5 Å². The van der Waals surface area contributed by atoms with Crippen LogP contribution in [0.5, 0.6) is 0 Å². The molecule has 0 N–H and O–H groups in total. The lowest BCUT2D eigenvalue weighted by Crippen LogP contribution is -2.11. The van der Waals surface area contributed by atoms with E-state index in [-0.39, 0.29) is 43.8 Å². The molecule has 0 bridgehead atoms. The molecule has 0 aliphatic heterocycles. The number of Topliss-reactive ketones (excluding diaryl/α,β-unsaturated/α-hetero) is 1. The van der Waals surface area contributed by atoms with E-state index < -0.39 is 0 Å². The summed E-state index contributed by atoms with van der Waals surface area (Å²) in [7, 11) is 0. The first-order chi connectivity index (χ1) is 12.5. The first-order valence-corrected chi connectivity index (χ1v) is 8.37. The summed E-state index contributed by atoms with van der Waals surface area (Å²) in [6.07, 6.45) is 0.499. The van der Waals surface area contributed by atoms with E-state index in [1.165, 1.54) is 13.8 Å². The van der Waals surface area contributed by atoms with Crippen LogP contribution in [0.15, 0.2) is 48.5 Å². The SMILES string of the molecule is CC(=O)OCc1ccccc1CC(=O)Cc1ccccc1COC(C)=O. The fourth-order valence-corrected chi connectivity index (χ4v) is 2.59. The van der Waals surface area contributed by atoms with Crippen LogP contribution in [0.1, 0.15) is 36.1 Å². The van der Waals surface area contributed by atoms with Gasteiger partial charge in [-0.05, 0) is 22.3 Å². The summed E-state index contributed by atoms with van der Waals surface area (Å²) < 4.78 is 10.1. The lowest BCUT2D eigenvalue weighted by Gasteiger charge is -2.11. The Balaban J connectivity index is 2.06. The van der Waals surface area contributed by atoms with Gasteiger partial charge in [-0.2, -0.15) is 0 Å². The summed E-state index contributed by atoms with van der Waals surface area (Å²) in [6, 6.07) is 14.8. The highest BCUT2D eigenvalue weighted by Gasteiger charge is 2.12. The first kappa shape index (κ1) is 19.4. The van der Waals surface area contributed by atoms with Gasteiger partial charge < -0.3 is 9.47 Å². The molecule has 0 saturated carbocycles. The lowest BCUT2D eigenvalue weighted by atomic mass is 9.97. The Kier molecular flexibility index (Phi) is 7.09. The van der Waals surface area contributed by atoms with Crippen LogP contribution in [0.3, 0.4) is 0 Å². The summed E-state index contributed by atoms with van der Waals surface area (Å²) in [5.74, 6) is -0.674. The summed E-state index contributed by atoms with van der Waals surface area (Å²) in [4.78, 5) is 34.6. The van der Waals surface area contributed by atoms with Crippen molar-refractivity contribution in [2.24, 2.45) is 0 Å². The second kappa shape index (κ2) is 9.51. The summed E-state index contributed by atoms with van der Waals surface area (Å²) in [5.41, 5.74) is 3.33. The van der Waals surface area contributed by atoms with Crippen LogP contribution in [0.25, 0.3) is 0 Å². The van der Waals surface area contributed by atoms with Gasteiger partial charge in [-0.15, -0.1) is 0 Å². The fraction of sp³-hybridized carbons (Fsp3) is 0.286. The molecule has 2 rings (SSSR count). The van der Waals surface area contributed by atoms with E-state index in [4.69, 9.17) is 9.47 Å². The Morgan fingerprint density at radius 1 is 0.654 bits per heavy atom. The molecular weight excluding hydrogens is 332 g/mol. The van der Waals surface area contributed by atoms with Gasteiger partial charge in [0.15, 0.2) is 0 Å². The van der Waals surface area contributed by atoms with Gasteiger partial charge in [-0.3, -0.25) is 14.4 Å². The molecule has 2 aromatic rings. The fourth-order valence-electron chi connectivity index (χ4n) is 2.59. The maximum atomic E-state index is 12.5. The molecule has 0 unspecified atom stereocenters. The van der Waals surface area contributed by atoms with Gasteiger partial charge in [0.2, 0.25) is 0 Å². The minimum Gasteiger partial charge on any atom is -0.461 e. The zero-order valence-corrected chi connectivity index (χ0v) is 15.0. The minimum absolute atomic E-state index is 0.0375. The Bertz CT molecular complexity index is 729. The van der Waals surface area contributed by atoms with Crippen LogP contribution < -0.4 is 0 Å². The van der Waals surface area contributed by atoms with Crippen molar-refractivity contribution in [3.8, 4) is 0 Å². The van der Waals surface area contributed by atoms with E-state index in [9.17, 15) is 14.4 Å². The molecule has 0 aliphatic carbocycles. The van der Waals surface area contributed by atoms with Gasteiger partial charge >= 0.3 is 11.9 Å². The van der Waals surface area contributed by atoms with Crippen molar-refractivity contribution in [3.05, 3.63) is 70.8 Å². The predicted octanol–water partition coefficient (Wildman–Crippen LogP) is 3.17. The Morgan fingerprint density at radius 3 is 1.35 bits per heavy atom. The van der Waals surface area contributed by atoms with Crippen LogP contribution in [-0.4, -0.2) is 17.7 Å². The van der Waals surface area contributed by atoms with Gasteiger partial charge in [0.05, 0.1) is 0 Å². The van der Waals surface area contributed by atoms with E-state index in [0.717, 1.165) is 22.3 Å². The minimum atomic E-state index is -0.356. The lowest BCUT2D eigenvalue weighted by molar-refractivity contribution is -0.143. The third-order valence-corrected chi connectivity index (χ3v) is 3.87. The van der Waals surface area contributed by atoms with E-state index in [0.29, 0.717) is 0 Å². The largest absolute Gasteiger partial charge is 0.461 e. The number of hydrogen-bond donors (Lipinski definition) is 0. The maximum Gasteiger partial charge on any atom is 0.302 e. The number of ketones is 1. The molecule has 0 heterocycles. The molecule has 0 amide bonds. The van der Waals surface area contributed by atoms with Crippen LogP contribution >= 0.6 is 0 Å². The predicted molar refractivity (Wildman–Crippen MR) is 96.2 cm³/mol. The number of ether oxygens (including phenoxy) is 2. The standard InChI is InChI=1S/C21H22O5/c1-15(22)25-13-19-9-5-3-7-17(19)11-21(24)12-18-8-4-6-10-20(18)14-26-16(2)23/h3-10H,11-14H2,1-2H3. The van der Waals surface area contributed by atoms with Crippen molar-refractivity contribution in [1.29, 1.82) is 0 Å². The summed E-state index contributed by atoms with van der Waals surface area (Å²) >= 11 is 0. The highest BCUT2D eigenvalue weighted by Crippen LogP contribution is 2.15. The van der Waals surface area contributed by atoms with Crippen molar-refractivity contribution < 1.29 is 23.9 Å². The number of carbonyl (C=O) groups excluding carboxylic acids is 3. The molecule has 0 radical (unpaired) electrons. The van der Waals surface area contributed by atoms with E-state index in [1.807, 2.05) is 48.5 Å². The highest BCUT2D eigenvalue weighted by molar-refractivity contribution is 5.83. The Morgan fingerprint density at radius 2 is 1.00 bits per heavy atom. The molecule has 136 valence electrons. The average Bonchev–Trinajstić information content (AvgIpc) is 2.60. The Labute approximate surface area is 152 Å². The van der Waals surface area contributed by atoms with Crippen molar-refractivity contribution in [1.82, 2.24) is 0 Å². The zero-order valence-electron chi connectivity index (χ0n) is 15.0. The quantitative estimate of drug-likeness (QED) is 0.681. The molecule has 0 aromatic heterocycles. The molecule has 26 heavy (non-hydrogen) atoms. The monoisotopic (exact) mass is 354 g/mol. The molecule has 0 spiro atoms. The number of hydrogen-bond acceptors (Lipinski definition) is 5. The van der Waals surface area contributed by atoms with Crippen LogP contribution in [-0.2, 0) is 49.9 Å². The van der Waals surface area contributed by atoms with Gasteiger partial charge in [0.1, 0.15) is 19.0 Å². The number of carbonyl (C=O) groups is 3. The molecule has 0 atom stereocenters. The van der Waals surface area contributed by atoms with Gasteiger partial charge in [-0.25, -0.2) is 0 Å². The molecule has 0 saturated heterocycles. The second-order valence-electron chi connectivity index (χ2n) is 5.99. The van der Waals surface area contributed by atoms with E-state index >= 15 is 0 Å². The van der Waals surface area contributed by atoms with Crippen LogP contribution in [0.4, 0.5) is 0 Å². The smallest absolute Gasteiger partial charge is 0.302 e. The third-order valence-electron chi connectivity index (χ3n) is 3.87. The summed E-state index contributed by atoms with van der Waals surface area (Å²) in [6.45, 7) is 3.02. The van der Waals surface area contributed by atoms with Gasteiger partial charge in [0, 0.05) is 26.7 Å². The van der Waals surface area contributed by atoms with Crippen molar-refractivity contribution in [2.75, 3.05) is 0 Å². The van der Waals surface area contributed by atoms with Crippen LogP contribution in [0, 0.1) is 0 Å². The normalized spacial score (nSPS) is 10.2. The molecule has 0 fully saturated rings. The van der Waals surface area contributed by atoms with Crippen LogP contribution in [0.2, 0.25) is 0 Å². The summed E-state index contributed by atoms with van der Waals surface area (Å²) in [5, 5.41) is 0. The number of esters is 2. The van der Waals surface area contributed by atoms with Crippen molar-refractivity contribution >= 4 is 17.7 Å². The Hall–Kier alpha value is -2.95.